The van der Waals surface area contributed by atoms with Crippen molar-refractivity contribution in [2.45, 2.75) is 32.0 Å². The Morgan fingerprint density at radius 1 is 0.870 bits per heavy atom. The van der Waals surface area contributed by atoms with E-state index < -0.39 is 6.04 Å². The average molecular weight is 611 g/mol. The lowest BCUT2D eigenvalue weighted by atomic mass is 9.97. The molecule has 3 heterocycles. The van der Waals surface area contributed by atoms with Crippen LogP contribution in [0.5, 0.6) is 6.01 Å². The Balaban J connectivity index is 1.34. The average Bonchev–Trinajstić information content (AvgIpc) is 3.13. The maximum atomic E-state index is 14.5. The molecular formula is C37H34N6O3. The van der Waals surface area contributed by atoms with Crippen LogP contribution in [0.4, 0.5) is 0 Å². The van der Waals surface area contributed by atoms with Gasteiger partial charge in [0.2, 0.25) is 11.8 Å². The predicted octanol–water partition coefficient (Wildman–Crippen LogP) is 5.18. The summed E-state index contributed by atoms with van der Waals surface area (Å²) in [6.45, 7) is 1.33. The zero-order chi connectivity index (χ0) is 31.7. The molecule has 0 saturated heterocycles. The minimum Gasteiger partial charge on any atom is -0.467 e. The Morgan fingerprint density at radius 3 is 2.33 bits per heavy atom. The number of hydrogen-bond acceptors (Lipinski definition) is 7. The summed E-state index contributed by atoms with van der Waals surface area (Å²) in [4.78, 5) is 49.0. The van der Waals surface area contributed by atoms with E-state index in [-0.39, 0.29) is 24.4 Å². The van der Waals surface area contributed by atoms with Crippen LogP contribution in [0.3, 0.4) is 0 Å². The van der Waals surface area contributed by atoms with Crippen molar-refractivity contribution in [2.24, 2.45) is 0 Å². The lowest BCUT2D eigenvalue weighted by Crippen LogP contribution is -2.52. The van der Waals surface area contributed by atoms with Gasteiger partial charge in [0, 0.05) is 68.0 Å². The van der Waals surface area contributed by atoms with Crippen molar-refractivity contribution in [2.75, 3.05) is 13.7 Å². The molecule has 3 aromatic carbocycles. The van der Waals surface area contributed by atoms with Gasteiger partial charge in [-0.2, -0.15) is 0 Å². The molecule has 9 heteroatoms. The molecule has 2 amide bonds. The lowest BCUT2D eigenvalue weighted by Gasteiger charge is -2.37. The van der Waals surface area contributed by atoms with Crippen molar-refractivity contribution in [1.29, 1.82) is 0 Å². The highest BCUT2D eigenvalue weighted by atomic mass is 16.5. The van der Waals surface area contributed by atoms with Gasteiger partial charge < -0.3 is 14.5 Å². The third-order valence-electron chi connectivity index (χ3n) is 8.07. The Morgan fingerprint density at radius 2 is 1.61 bits per heavy atom. The van der Waals surface area contributed by atoms with Crippen molar-refractivity contribution in [3.8, 4) is 17.3 Å². The molecule has 0 spiro atoms. The molecule has 0 radical (unpaired) electrons. The Bertz CT molecular complexity index is 1800. The number of fused-ring (bicyclic) bond motifs is 1. The van der Waals surface area contributed by atoms with E-state index in [0.29, 0.717) is 25.1 Å². The van der Waals surface area contributed by atoms with E-state index in [4.69, 9.17) is 4.74 Å². The molecule has 2 aromatic heterocycles. The maximum absolute atomic E-state index is 14.5. The standard InChI is InChI=1S/C37H34N6O3/c1-46-37-40-22-29(23-41-37)13-16-35(44)43(25-28-11-14-31(15-12-28)33-24-38-18-19-39-33)34(21-27-7-3-2-4-8-27)36(45)42-20-17-30-9-5-6-10-32(30)26-42/h2-16,18-19,22-24,34H,17,20-21,25-26H2,1H3/t34-/m0/s1. The van der Waals surface area contributed by atoms with Gasteiger partial charge in [0.05, 0.1) is 19.0 Å². The van der Waals surface area contributed by atoms with Crippen LogP contribution in [0, 0.1) is 0 Å². The smallest absolute Gasteiger partial charge is 0.316 e. The van der Waals surface area contributed by atoms with E-state index in [1.165, 1.54) is 18.7 Å². The third kappa shape index (κ3) is 7.32. The summed E-state index contributed by atoms with van der Waals surface area (Å²) in [5.74, 6) is -0.371. The molecule has 0 fully saturated rings. The van der Waals surface area contributed by atoms with Gasteiger partial charge in [-0.3, -0.25) is 19.6 Å². The number of hydrogen-bond donors (Lipinski definition) is 0. The number of carbonyl (C=O) groups excluding carboxylic acids is 2. The number of methoxy groups -OCH3 is 1. The molecule has 6 rings (SSSR count). The van der Waals surface area contributed by atoms with Crippen LogP contribution in [0.1, 0.15) is 27.8 Å². The van der Waals surface area contributed by atoms with Gasteiger partial charge in [0.25, 0.3) is 0 Å². The summed E-state index contributed by atoms with van der Waals surface area (Å²) in [6.07, 6.45) is 12.5. The van der Waals surface area contributed by atoms with E-state index in [9.17, 15) is 9.59 Å². The number of benzene rings is 3. The van der Waals surface area contributed by atoms with Crippen LogP contribution >= 0.6 is 0 Å². The lowest BCUT2D eigenvalue weighted by molar-refractivity contribution is -0.144. The van der Waals surface area contributed by atoms with Gasteiger partial charge in [-0.05, 0) is 34.8 Å². The summed E-state index contributed by atoms with van der Waals surface area (Å²) >= 11 is 0. The van der Waals surface area contributed by atoms with E-state index in [0.717, 1.165) is 34.4 Å². The second-order valence-electron chi connectivity index (χ2n) is 11.1. The second kappa shape index (κ2) is 14.4. The van der Waals surface area contributed by atoms with Gasteiger partial charge in [-0.1, -0.05) is 78.9 Å². The topological polar surface area (TPSA) is 101 Å². The molecule has 1 atom stereocenters. The minimum absolute atomic E-state index is 0.0796. The highest BCUT2D eigenvalue weighted by Gasteiger charge is 2.34. The highest BCUT2D eigenvalue weighted by molar-refractivity contribution is 5.95. The molecule has 46 heavy (non-hydrogen) atoms. The maximum Gasteiger partial charge on any atom is 0.316 e. The first-order valence-corrected chi connectivity index (χ1v) is 15.2. The molecule has 0 aliphatic carbocycles. The Hall–Kier alpha value is -5.70. The number of ether oxygens (including phenoxy) is 1. The van der Waals surface area contributed by atoms with Crippen LogP contribution in [0.2, 0.25) is 0 Å². The minimum atomic E-state index is -0.739. The molecule has 1 aliphatic rings. The largest absolute Gasteiger partial charge is 0.467 e. The van der Waals surface area contributed by atoms with E-state index in [2.05, 4.69) is 32.1 Å². The Labute approximate surface area is 268 Å². The molecule has 1 aliphatic heterocycles. The van der Waals surface area contributed by atoms with Gasteiger partial charge in [0.15, 0.2) is 0 Å². The summed E-state index contributed by atoms with van der Waals surface area (Å²) in [5, 5.41) is 0. The van der Waals surface area contributed by atoms with Crippen molar-refractivity contribution in [1.82, 2.24) is 29.7 Å². The number of aromatic nitrogens is 4. The molecule has 5 aromatic rings. The van der Waals surface area contributed by atoms with E-state index >= 15 is 0 Å². The molecule has 0 saturated carbocycles. The van der Waals surface area contributed by atoms with Gasteiger partial charge in [-0.15, -0.1) is 0 Å². The van der Waals surface area contributed by atoms with Crippen LogP contribution < -0.4 is 4.74 Å². The first-order chi connectivity index (χ1) is 22.6. The number of carbonyl (C=O) groups is 2. The van der Waals surface area contributed by atoms with E-state index in [1.54, 1.807) is 42.0 Å². The fourth-order valence-corrected chi connectivity index (χ4v) is 5.61. The fourth-order valence-electron chi connectivity index (χ4n) is 5.61. The normalized spacial score (nSPS) is 13.2. The first-order valence-electron chi connectivity index (χ1n) is 15.2. The van der Waals surface area contributed by atoms with Crippen molar-refractivity contribution in [3.05, 3.63) is 144 Å². The van der Waals surface area contributed by atoms with Crippen molar-refractivity contribution < 1.29 is 14.3 Å². The third-order valence-corrected chi connectivity index (χ3v) is 8.07. The SMILES string of the molecule is COc1ncc(C=CC(=O)N(Cc2ccc(-c3cnccn3)cc2)[C@@H](Cc2ccccc2)C(=O)N2CCc3ccccc3C2)cn1. The van der Waals surface area contributed by atoms with Gasteiger partial charge >= 0.3 is 6.01 Å². The van der Waals surface area contributed by atoms with E-state index in [1.807, 2.05) is 71.6 Å². The summed E-state index contributed by atoms with van der Waals surface area (Å²) in [7, 11) is 1.50. The number of nitrogens with zero attached hydrogens (tertiary/aromatic N) is 6. The summed E-state index contributed by atoms with van der Waals surface area (Å²) < 4.78 is 5.06. The first kappa shape index (κ1) is 30.3. The molecule has 0 bridgehead atoms. The number of rotatable bonds is 10. The van der Waals surface area contributed by atoms with Crippen molar-refractivity contribution >= 4 is 17.9 Å². The Kier molecular flexibility index (Phi) is 9.49. The molecule has 0 unspecified atom stereocenters. The monoisotopic (exact) mass is 610 g/mol. The van der Waals surface area contributed by atoms with Crippen LogP contribution in [-0.2, 0) is 35.5 Å². The molecular weight excluding hydrogens is 576 g/mol. The van der Waals surface area contributed by atoms with Gasteiger partial charge in [0.1, 0.15) is 6.04 Å². The van der Waals surface area contributed by atoms with Crippen LogP contribution in [-0.4, -0.2) is 61.2 Å². The second-order valence-corrected chi connectivity index (χ2v) is 11.1. The highest BCUT2D eigenvalue weighted by Crippen LogP contribution is 2.24. The zero-order valence-corrected chi connectivity index (χ0v) is 25.6. The van der Waals surface area contributed by atoms with Crippen LogP contribution in [0.15, 0.2) is 116 Å². The summed E-state index contributed by atoms with van der Waals surface area (Å²) in [5.41, 5.74) is 6.57. The molecule has 230 valence electrons. The molecule has 0 N–H and O–H groups in total. The van der Waals surface area contributed by atoms with Gasteiger partial charge in [-0.25, -0.2) is 9.97 Å². The van der Waals surface area contributed by atoms with Crippen LogP contribution in [0.25, 0.3) is 17.3 Å². The predicted molar refractivity (Wildman–Crippen MR) is 175 cm³/mol. The number of amides is 2. The quantitative estimate of drug-likeness (QED) is 0.201. The summed E-state index contributed by atoms with van der Waals surface area (Å²) in [6, 6.07) is 25.4. The molecule has 9 nitrogen and oxygen atoms in total. The van der Waals surface area contributed by atoms with Crippen molar-refractivity contribution in [3.63, 3.8) is 0 Å². The fraction of sp³-hybridized carbons (Fsp3) is 0.189. The zero-order valence-electron chi connectivity index (χ0n) is 25.6.